The fourth-order valence-corrected chi connectivity index (χ4v) is 3.34. The summed E-state index contributed by atoms with van der Waals surface area (Å²) in [6.07, 6.45) is 6.78. The minimum Gasteiger partial charge on any atom is -0.330 e. The average Bonchev–Trinajstić information content (AvgIpc) is 2.83. The van der Waals surface area contributed by atoms with Gasteiger partial charge in [0.05, 0.1) is 0 Å². The predicted octanol–water partition coefficient (Wildman–Crippen LogP) is 3.93. The summed E-state index contributed by atoms with van der Waals surface area (Å²) in [4.78, 5) is 0. The minimum atomic E-state index is 0.697. The molecule has 0 aliphatic heterocycles. The number of benzene rings is 1. The lowest BCUT2D eigenvalue weighted by atomic mass is 9.80. The Labute approximate surface area is 105 Å². The van der Waals surface area contributed by atoms with E-state index < -0.39 is 0 Å². The van der Waals surface area contributed by atoms with Gasteiger partial charge in [-0.3, -0.25) is 0 Å². The fraction of sp³-hybridized carbons (Fsp3) is 0.625. The first-order chi connectivity index (χ1) is 8.22. The molecule has 1 nitrogen and oxygen atoms in total. The van der Waals surface area contributed by atoms with Crippen LogP contribution in [-0.2, 0) is 0 Å². The Morgan fingerprint density at radius 1 is 1.24 bits per heavy atom. The molecule has 17 heavy (non-hydrogen) atoms. The maximum absolute atomic E-state index is 5.82. The van der Waals surface area contributed by atoms with Crippen molar-refractivity contribution in [3.05, 3.63) is 34.9 Å². The highest BCUT2D eigenvalue weighted by Crippen LogP contribution is 2.40. The van der Waals surface area contributed by atoms with E-state index in [0.29, 0.717) is 5.92 Å². The minimum absolute atomic E-state index is 0.697. The van der Waals surface area contributed by atoms with E-state index in [2.05, 4.69) is 32.0 Å². The molecule has 1 aliphatic rings. The molecular weight excluding hydrogens is 206 g/mol. The summed E-state index contributed by atoms with van der Waals surface area (Å²) in [5.74, 6) is 1.57. The Morgan fingerprint density at radius 2 is 1.94 bits per heavy atom. The third kappa shape index (κ3) is 2.90. The third-order valence-electron chi connectivity index (χ3n) is 4.28. The second-order valence-corrected chi connectivity index (χ2v) is 5.59. The van der Waals surface area contributed by atoms with E-state index in [9.17, 15) is 0 Å². The Morgan fingerprint density at radius 3 is 2.59 bits per heavy atom. The number of rotatable bonds is 4. The van der Waals surface area contributed by atoms with E-state index in [4.69, 9.17) is 5.73 Å². The highest BCUT2D eigenvalue weighted by atomic mass is 14.5. The van der Waals surface area contributed by atoms with Crippen molar-refractivity contribution in [3.8, 4) is 0 Å². The molecule has 0 bridgehead atoms. The van der Waals surface area contributed by atoms with Gasteiger partial charge in [0.1, 0.15) is 0 Å². The highest BCUT2D eigenvalue weighted by Gasteiger charge is 2.26. The van der Waals surface area contributed by atoms with Crippen LogP contribution < -0.4 is 5.73 Å². The monoisotopic (exact) mass is 231 g/mol. The summed E-state index contributed by atoms with van der Waals surface area (Å²) >= 11 is 0. The molecule has 1 fully saturated rings. The smallest absolute Gasteiger partial charge is 0.00713 e. The van der Waals surface area contributed by atoms with Gasteiger partial charge in [-0.2, -0.15) is 0 Å². The summed E-state index contributed by atoms with van der Waals surface area (Å²) in [5, 5.41) is 0. The van der Waals surface area contributed by atoms with Crippen LogP contribution in [0.15, 0.2) is 18.2 Å². The van der Waals surface area contributed by atoms with Crippen LogP contribution in [0, 0.1) is 19.8 Å². The van der Waals surface area contributed by atoms with Crippen LogP contribution in [0.3, 0.4) is 0 Å². The Bertz CT molecular complexity index is 364. The summed E-state index contributed by atoms with van der Waals surface area (Å²) in [5.41, 5.74) is 10.2. The van der Waals surface area contributed by atoms with Gasteiger partial charge in [0.15, 0.2) is 0 Å². The van der Waals surface area contributed by atoms with Gasteiger partial charge in [-0.05, 0) is 62.6 Å². The SMILES string of the molecule is Cc1ccc(C)c(C(CCN)C2CCCC2)c1. The van der Waals surface area contributed by atoms with Crippen molar-refractivity contribution in [1.82, 2.24) is 0 Å². The van der Waals surface area contributed by atoms with Gasteiger partial charge in [-0.1, -0.05) is 36.6 Å². The second-order valence-electron chi connectivity index (χ2n) is 5.59. The van der Waals surface area contributed by atoms with E-state index in [1.807, 2.05) is 0 Å². The maximum atomic E-state index is 5.82. The Kier molecular flexibility index (Phi) is 4.22. The predicted molar refractivity (Wildman–Crippen MR) is 74.3 cm³/mol. The summed E-state index contributed by atoms with van der Waals surface area (Å²) in [6.45, 7) is 5.25. The van der Waals surface area contributed by atoms with Crippen LogP contribution in [0.4, 0.5) is 0 Å². The van der Waals surface area contributed by atoms with Gasteiger partial charge in [-0.15, -0.1) is 0 Å². The molecule has 0 amide bonds. The average molecular weight is 231 g/mol. The quantitative estimate of drug-likeness (QED) is 0.835. The van der Waals surface area contributed by atoms with Gasteiger partial charge in [0, 0.05) is 0 Å². The molecule has 1 aliphatic carbocycles. The number of hydrogen-bond acceptors (Lipinski definition) is 1. The lowest BCUT2D eigenvalue weighted by Crippen LogP contribution is -2.16. The molecule has 2 N–H and O–H groups in total. The van der Waals surface area contributed by atoms with Crippen molar-refractivity contribution in [3.63, 3.8) is 0 Å². The first kappa shape index (κ1) is 12.6. The Balaban J connectivity index is 2.27. The van der Waals surface area contributed by atoms with Crippen molar-refractivity contribution < 1.29 is 0 Å². The normalized spacial score (nSPS) is 18.5. The fourth-order valence-electron chi connectivity index (χ4n) is 3.34. The van der Waals surface area contributed by atoms with E-state index in [-0.39, 0.29) is 0 Å². The van der Waals surface area contributed by atoms with Gasteiger partial charge in [-0.25, -0.2) is 0 Å². The van der Waals surface area contributed by atoms with Crippen LogP contribution in [0.25, 0.3) is 0 Å². The molecule has 1 atom stereocenters. The molecule has 0 radical (unpaired) electrons. The Hall–Kier alpha value is -0.820. The van der Waals surface area contributed by atoms with Crippen molar-refractivity contribution in [2.75, 3.05) is 6.54 Å². The van der Waals surface area contributed by atoms with Crippen molar-refractivity contribution >= 4 is 0 Å². The van der Waals surface area contributed by atoms with Crippen LogP contribution in [0.2, 0.25) is 0 Å². The van der Waals surface area contributed by atoms with E-state index in [0.717, 1.165) is 18.9 Å². The molecule has 1 aromatic carbocycles. The molecule has 1 heteroatoms. The van der Waals surface area contributed by atoms with Crippen molar-refractivity contribution in [2.24, 2.45) is 11.7 Å². The van der Waals surface area contributed by atoms with E-state index in [1.54, 1.807) is 5.56 Å². The zero-order valence-corrected chi connectivity index (χ0v) is 11.2. The van der Waals surface area contributed by atoms with Crippen LogP contribution in [0.5, 0.6) is 0 Å². The molecule has 0 aromatic heterocycles. The lowest BCUT2D eigenvalue weighted by Gasteiger charge is -2.25. The van der Waals surface area contributed by atoms with E-state index >= 15 is 0 Å². The molecule has 94 valence electrons. The van der Waals surface area contributed by atoms with E-state index in [1.165, 1.54) is 36.8 Å². The summed E-state index contributed by atoms with van der Waals surface area (Å²) < 4.78 is 0. The molecule has 2 rings (SSSR count). The first-order valence-electron chi connectivity index (χ1n) is 6.99. The van der Waals surface area contributed by atoms with Crippen molar-refractivity contribution in [1.29, 1.82) is 0 Å². The molecule has 0 heterocycles. The topological polar surface area (TPSA) is 26.0 Å². The number of hydrogen-bond donors (Lipinski definition) is 1. The first-order valence-corrected chi connectivity index (χ1v) is 6.99. The summed E-state index contributed by atoms with van der Waals surface area (Å²) in [7, 11) is 0. The zero-order valence-electron chi connectivity index (χ0n) is 11.2. The van der Waals surface area contributed by atoms with Gasteiger partial charge < -0.3 is 5.73 Å². The third-order valence-corrected chi connectivity index (χ3v) is 4.28. The van der Waals surface area contributed by atoms with Gasteiger partial charge >= 0.3 is 0 Å². The number of nitrogens with two attached hydrogens (primary N) is 1. The van der Waals surface area contributed by atoms with Crippen LogP contribution >= 0.6 is 0 Å². The zero-order chi connectivity index (χ0) is 12.3. The maximum Gasteiger partial charge on any atom is -0.00713 e. The molecule has 0 saturated heterocycles. The van der Waals surface area contributed by atoms with Crippen LogP contribution in [0.1, 0.15) is 54.7 Å². The summed E-state index contributed by atoms with van der Waals surface area (Å²) in [6, 6.07) is 6.87. The molecule has 1 unspecified atom stereocenters. The largest absolute Gasteiger partial charge is 0.330 e. The molecule has 1 aromatic rings. The second kappa shape index (κ2) is 5.68. The van der Waals surface area contributed by atoms with Crippen LogP contribution in [-0.4, -0.2) is 6.54 Å². The highest BCUT2D eigenvalue weighted by molar-refractivity contribution is 5.34. The molecule has 0 spiro atoms. The standard InChI is InChI=1S/C16H25N/c1-12-7-8-13(2)16(11-12)15(9-10-17)14-5-3-4-6-14/h7-8,11,14-15H,3-6,9-10,17H2,1-2H3. The number of aryl methyl sites for hydroxylation is 2. The van der Waals surface area contributed by atoms with Crippen molar-refractivity contribution in [2.45, 2.75) is 51.9 Å². The molecule has 1 saturated carbocycles. The lowest BCUT2D eigenvalue weighted by molar-refractivity contribution is 0.414. The van der Waals surface area contributed by atoms with Gasteiger partial charge in [0.25, 0.3) is 0 Å². The van der Waals surface area contributed by atoms with Gasteiger partial charge in [0.2, 0.25) is 0 Å². The molecular formula is C16H25N.